The molecule has 0 aliphatic heterocycles. The molecule has 0 aromatic carbocycles. The number of nitrogens with zero attached hydrogens (tertiary/aromatic N) is 2. The number of nitrogens with one attached hydrogen (secondary N) is 1. The van der Waals surface area contributed by atoms with Crippen molar-refractivity contribution in [2.24, 2.45) is 0 Å². The van der Waals surface area contributed by atoms with Crippen LogP contribution >= 0.6 is 0 Å². The number of anilines is 1. The largest absolute Gasteiger partial charge is 0.429 e. The van der Waals surface area contributed by atoms with Crippen molar-refractivity contribution in [1.29, 1.82) is 0 Å². The fourth-order valence-electron chi connectivity index (χ4n) is 0.868. The third-order valence-electron chi connectivity index (χ3n) is 1.55. The van der Waals surface area contributed by atoms with Crippen molar-refractivity contribution in [2.45, 2.75) is 6.42 Å². The van der Waals surface area contributed by atoms with E-state index < -0.39 is 0 Å². The van der Waals surface area contributed by atoms with E-state index in [0.29, 0.717) is 6.01 Å². The van der Waals surface area contributed by atoms with E-state index in [1.54, 1.807) is 6.20 Å². The minimum Gasteiger partial charge on any atom is -0.429 e. The summed E-state index contributed by atoms with van der Waals surface area (Å²) < 4.78 is 5.42. The molecule has 0 saturated carbocycles. The lowest BCUT2D eigenvalue weighted by Gasteiger charge is -2.04. The molecule has 0 bridgehead atoms. The summed E-state index contributed by atoms with van der Waals surface area (Å²) in [4.78, 5) is 5.95. The lowest BCUT2D eigenvalue weighted by atomic mass is 10.3. The quantitative estimate of drug-likeness (QED) is 0.712. The van der Waals surface area contributed by atoms with E-state index >= 15 is 0 Å². The van der Waals surface area contributed by atoms with Gasteiger partial charge in [0.15, 0.2) is 0 Å². The van der Waals surface area contributed by atoms with Crippen molar-refractivity contribution in [3.8, 4) is 0 Å². The predicted molar refractivity (Wildman–Crippen MR) is 48.5 cm³/mol. The normalized spacial score (nSPS) is 10.2. The number of rotatable bonds is 4. The van der Waals surface area contributed by atoms with E-state index in [1.165, 1.54) is 0 Å². The number of hydrogen-bond donors (Lipinski definition) is 1. The van der Waals surface area contributed by atoms with Crippen molar-refractivity contribution in [3.63, 3.8) is 0 Å². The van der Waals surface area contributed by atoms with Crippen LogP contribution in [0.5, 0.6) is 0 Å². The highest BCUT2D eigenvalue weighted by atomic mass is 16.4. The number of likely N-dealkylation sites (N-methyl/N-ethyl adjacent to an activating group) is 1. The van der Waals surface area contributed by atoms with Crippen LogP contribution < -0.4 is 10.2 Å². The van der Waals surface area contributed by atoms with Crippen LogP contribution in [0.3, 0.4) is 0 Å². The van der Waals surface area contributed by atoms with Crippen LogP contribution in [0.4, 0.5) is 6.01 Å². The maximum Gasteiger partial charge on any atom is 0.296 e. The highest BCUT2D eigenvalue weighted by Crippen LogP contribution is 2.11. The Kier molecular flexibility index (Phi) is 3.10. The second-order valence-electron chi connectivity index (χ2n) is 2.86. The molecule has 1 aromatic heterocycles. The lowest BCUT2D eigenvalue weighted by molar-refractivity contribution is 0.500. The van der Waals surface area contributed by atoms with E-state index in [0.717, 1.165) is 18.7 Å². The summed E-state index contributed by atoms with van der Waals surface area (Å²) in [7, 11) is 5.74. The predicted octanol–water partition coefficient (Wildman–Crippen LogP) is 0.502. The van der Waals surface area contributed by atoms with Crippen LogP contribution in [0.25, 0.3) is 0 Å². The maximum absolute atomic E-state index is 5.42. The van der Waals surface area contributed by atoms with Gasteiger partial charge in [0, 0.05) is 27.1 Å². The lowest BCUT2D eigenvalue weighted by Crippen LogP contribution is -2.10. The van der Waals surface area contributed by atoms with Crippen molar-refractivity contribution >= 4 is 6.01 Å². The molecule has 0 saturated heterocycles. The summed E-state index contributed by atoms with van der Waals surface area (Å²) in [5.74, 6) is 0.924. The van der Waals surface area contributed by atoms with Crippen LogP contribution in [0, 0.1) is 0 Å². The monoisotopic (exact) mass is 169 g/mol. The summed E-state index contributed by atoms with van der Waals surface area (Å²) in [6, 6.07) is 0.668. The molecule has 1 rings (SSSR count). The van der Waals surface area contributed by atoms with Gasteiger partial charge < -0.3 is 14.6 Å². The second kappa shape index (κ2) is 4.11. The molecule has 1 heterocycles. The topological polar surface area (TPSA) is 41.3 Å². The Morgan fingerprint density at radius 3 is 2.83 bits per heavy atom. The van der Waals surface area contributed by atoms with E-state index in [1.807, 2.05) is 26.0 Å². The first-order valence-electron chi connectivity index (χ1n) is 4.00. The Morgan fingerprint density at radius 1 is 1.58 bits per heavy atom. The third kappa shape index (κ3) is 2.23. The molecular formula is C8H15N3O. The van der Waals surface area contributed by atoms with Crippen molar-refractivity contribution in [3.05, 3.63) is 12.0 Å². The molecule has 1 aromatic rings. The molecular weight excluding hydrogens is 154 g/mol. The summed E-state index contributed by atoms with van der Waals surface area (Å²) in [5.41, 5.74) is 0. The Morgan fingerprint density at radius 2 is 2.33 bits per heavy atom. The van der Waals surface area contributed by atoms with E-state index in [-0.39, 0.29) is 0 Å². The van der Waals surface area contributed by atoms with Gasteiger partial charge in [0.1, 0.15) is 5.76 Å². The van der Waals surface area contributed by atoms with Gasteiger partial charge in [0.05, 0.1) is 6.20 Å². The summed E-state index contributed by atoms with van der Waals surface area (Å²) in [6.45, 7) is 0.919. The number of hydrogen-bond acceptors (Lipinski definition) is 4. The summed E-state index contributed by atoms with van der Waals surface area (Å²) in [5, 5.41) is 3.05. The van der Waals surface area contributed by atoms with E-state index in [4.69, 9.17) is 4.42 Å². The third-order valence-corrected chi connectivity index (χ3v) is 1.55. The average molecular weight is 169 g/mol. The Labute approximate surface area is 72.6 Å². The Bertz CT molecular complexity index is 232. The van der Waals surface area contributed by atoms with Gasteiger partial charge in [0.25, 0.3) is 6.01 Å². The van der Waals surface area contributed by atoms with E-state index in [9.17, 15) is 0 Å². The van der Waals surface area contributed by atoms with Crippen molar-refractivity contribution < 1.29 is 4.42 Å². The highest BCUT2D eigenvalue weighted by molar-refractivity contribution is 5.22. The van der Waals surface area contributed by atoms with Gasteiger partial charge in [-0.1, -0.05) is 0 Å². The molecule has 0 aliphatic carbocycles. The van der Waals surface area contributed by atoms with Crippen LogP contribution in [0.15, 0.2) is 10.6 Å². The van der Waals surface area contributed by atoms with Crippen LogP contribution in [0.2, 0.25) is 0 Å². The first-order chi connectivity index (χ1) is 5.74. The van der Waals surface area contributed by atoms with Crippen LogP contribution in [-0.2, 0) is 6.42 Å². The zero-order valence-electron chi connectivity index (χ0n) is 7.79. The first-order valence-corrected chi connectivity index (χ1v) is 4.00. The minimum absolute atomic E-state index is 0.668. The molecule has 1 N–H and O–H groups in total. The fraction of sp³-hybridized carbons (Fsp3) is 0.625. The maximum atomic E-state index is 5.42. The highest BCUT2D eigenvalue weighted by Gasteiger charge is 2.03. The molecule has 68 valence electrons. The van der Waals surface area contributed by atoms with Gasteiger partial charge in [-0.3, -0.25) is 0 Å². The molecule has 0 atom stereocenters. The average Bonchev–Trinajstić information content (AvgIpc) is 2.48. The van der Waals surface area contributed by atoms with Gasteiger partial charge in [-0.15, -0.1) is 0 Å². The van der Waals surface area contributed by atoms with Crippen LogP contribution in [0.1, 0.15) is 5.76 Å². The molecule has 4 nitrogen and oxygen atoms in total. The molecule has 0 amide bonds. The van der Waals surface area contributed by atoms with Crippen molar-refractivity contribution in [1.82, 2.24) is 10.3 Å². The van der Waals surface area contributed by atoms with Crippen LogP contribution in [-0.4, -0.2) is 32.7 Å². The molecule has 0 radical (unpaired) electrons. The second-order valence-corrected chi connectivity index (χ2v) is 2.86. The Balaban J connectivity index is 2.52. The standard InChI is InChI=1S/C8H15N3O/c1-9-5-4-7-6-10-8(12-7)11(2)3/h6,9H,4-5H2,1-3H3. The smallest absolute Gasteiger partial charge is 0.296 e. The van der Waals surface area contributed by atoms with Gasteiger partial charge in [-0.2, -0.15) is 0 Å². The molecule has 0 aliphatic rings. The fourth-order valence-corrected chi connectivity index (χ4v) is 0.868. The van der Waals surface area contributed by atoms with E-state index in [2.05, 4.69) is 10.3 Å². The molecule has 0 fully saturated rings. The van der Waals surface area contributed by atoms with Crippen molar-refractivity contribution in [2.75, 3.05) is 32.6 Å². The van der Waals surface area contributed by atoms with Gasteiger partial charge in [-0.25, -0.2) is 4.98 Å². The number of aromatic nitrogens is 1. The van der Waals surface area contributed by atoms with Gasteiger partial charge in [0.2, 0.25) is 0 Å². The first kappa shape index (κ1) is 9.06. The minimum atomic E-state index is 0.668. The zero-order valence-corrected chi connectivity index (χ0v) is 7.79. The Hall–Kier alpha value is -1.03. The summed E-state index contributed by atoms with van der Waals surface area (Å²) >= 11 is 0. The van der Waals surface area contributed by atoms with Gasteiger partial charge >= 0.3 is 0 Å². The molecule has 4 heteroatoms. The zero-order chi connectivity index (χ0) is 8.97. The SMILES string of the molecule is CNCCc1cnc(N(C)C)o1. The number of oxazole rings is 1. The molecule has 0 unspecified atom stereocenters. The molecule has 12 heavy (non-hydrogen) atoms. The summed E-state index contributed by atoms with van der Waals surface area (Å²) in [6.07, 6.45) is 2.66. The molecule has 0 spiro atoms. The van der Waals surface area contributed by atoms with Gasteiger partial charge in [-0.05, 0) is 7.05 Å².